The number of hydrogen-bond acceptors (Lipinski definition) is 7. The lowest BCUT2D eigenvalue weighted by atomic mass is 10.1. The summed E-state index contributed by atoms with van der Waals surface area (Å²) < 4.78 is 11.5. The number of hydrogen-bond donors (Lipinski definition) is 2. The van der Waals surface area contributed by atoms with Gasteiger partial charge in [0.15, 0.2) is 5.13 Å². The number of carbonyl (C=O) groups is 2. The lowest BCUT2D eigenvalue weighted by molar-refractivity contribution is -0.116. The van der Waals surface area contributed by atoms with E-state index in [-0.39, 0.29) is 18.1 Å². The number of thiazole rings is 1. The van der Waals surface area contributed by atoms with E-state index in [2.05, 4.69) is 10.3 Å². The SMILES string of the molecule is COc1ccc2c(CC(=O)Nc3nc(C)c(SCC(N)=O)s3)coc2c1. The Labute approximate surface area is 157 Å². The molecule has 0 fully saturated rings. The van der Waals surface area contributed by atoms with Crippen LogP contribution in [0.25, 0.3) is 11.0 Å². The largest absolute Gasteiger partial charge is 0.497 e. The average Bonchev–Trinajstić information content (AvgIpc) is 3.15. The standard InChI is InChI=1S/C17H17N3O4S2/c1-9-16(25-8-14(18)21)26-17(19-9)20-15(22)5-10-7-24-13-6-11(23-2)3-4-12(10)13/h3-4,6-7H,5,8H2,1-2H3,(H2,18,21)(H,19,20,22). The monoisotopic (exact) mass is 391 g/mol. The van der Waals surface area contributed by atoms with Gasteiger partial charge in [-0.1, -0.05) is 11.3 Å². The van der Waals surface area contributed by atoms with E-state index >= 15 is 0 Å². The maximum Gasteiger partial charge on any atom is 0.230 e. The topological polar surface area (TPSA) is 107 Å². The summed E-state index contributed by atoms with van der Waals surface area (Å²) in [5.41, 5.74) is 7.37. The van der Waals surface area contributed by atoms with Crippen LogP contribution in [0.1, 0.15) is 11.3 Å². The Balaban J connectivity index is 1.67. The average molecular weight is 391 g/mol. The minimum absolute atomic E-state index is 0.168. The number of nitrogens with one attached hydrogen (secondary N) is 1. The summed E-state index contributed by atoms with van der Waals surface area (Å²) in [6.07, 6.45) is 1.74. The second kappa shape index (κ2) is 7.79. The van der Waals surface area contributed by atoms with Crippen LogP contribution in [0.15, 0.2) is 33.1 Å². The van der Waals surface area contributed by atoms with Gasteiger partial charge in [0.05, 0.1) is 35.4 Å². The summed E-state index contributed by atoms with van der Waals surface area (Å²) in [5, 5.41) is 4.15. The van der Waals surface area contributed by atoms with Crippen LogP contribution in [0.5, 0.6) is 5.75 Å². The lowest BCUT2D eigenvalue weighted by Gasteiger charge is -2.01. The van der Waals surface area contributed by atoms with Crippen molar-refractivity contribution in [3.63, 3.8) is 0 Å². The van der Waals surface area contributed by atoms with Gasteiger partial charge in [0.2, 0.25) is 11.8 Å². The molecule has 9 heteroatoms. The number of fused-ring (bicyclic) bond motifs is 1. The first-order valence-corrected chi connectivity index (χ1v) is 9.49. The van der Waals surface area contributed by atoms with Crippen LogP contribution in [-0.2, 0) is 16.0 Å². The fourth-order valence-electron chi connectivity index (χ4n) is 2.37. The number of benzene rings is 1. The Bertz CT molecular complexity index is 964. The number of aromatic nitrogens is 1. The van der Waals surface area contributed by atoms with Crippen LogP contribution in [0.4, 0.5) is 5.13 Å². The van der Waals surface area contributed by atoms with Crippen LogP contribution < -0.4 is 15.8 Å². The molecule has 0 atom stereocenters. The fourth-order valence-corrected chi connectivity index (χ4v) is 4.26. The third kappa shape index (κ3) is 4.17. The van der Waals surface area contributed by atoms with Crippen molar-refractivity contribution in [3.8, 4) is 5.75 Å². The highest BCUT2D eigenvalue weighted by Crippen LogP contribution is 2.32. The molecule has 0 aliphatic carbocycles. The lowest BCUT2D eigenvalue weighted by Crippen LogP contribution is -2.13. The zero-order chi connectivity index (χ0) is 18.7. The second-order valence-corrected chi connectivity index (χ2v) is 7.74. The molecule has 0 aliphatic rings. The van der Waals surface area contributed by atoms with E-state index in [9.17, 15) is 9.59 Å². The molecule has 1 aromatic carbocycles. The number of furan rings is 1. The molecule has 0 saturated heterocycles. The molecule has 3 N–H and O–H groups in total. The molecule has 0 radical (unpaired) electrons. The van der Waals surface area contributed by atoms with Gasteiger partial charge in [0.25, 0.3) is 0 Å². The molecule has 2 heterocycles. The number of amides is 2. The molecular formula is C17H17N3O4S2. The van der Waals surface area contributed by atoms with Gasteiger partial charge in [-0.15, -0.1) is 11.8 Å². The van der Waals surface area contributed by atoms with Crippen molar-refractivity contribution in [1.82, 2.24) is 4.98 Å². The molecule has 2 aromatic heterocycles. The quantitative estimate of drug-likeness (QED) is 0.600. The number of anilines is 1. The van der Waals surface area contributed by atoms with Gasteiger partial charge in [-0.25, -0.2) is 4.98 Å². The molecule has 0 saturated carbocycles. The minimum Gasteiger partial charge on any atom is -0.497 e. The first-order chi connectivity index (χ1) is 12.5. The number of aryl methyl sites for hydroxylation is 1. The highest BCUT2D eigenvalue weighted by atomic mass is 32.2. The van der Waals surface area contributed by atoms with E-state index in [1.807, 2.05) is 19.1 Å². The summed E-state index contributed by atoms with van der Waals surface area (Å²) >= 11 is 2.64. The number of carbonyl (C=O) groups excluding carboxylic acids is 2. The van der Waals surface area contributed by atoms with Crippen molar-refractivity contribution in [3.05, 3.63) is 35.7 Å². The number of primary amides is 1. The van der Waals surface area contributed by atoms with E-state index < -0.39 is 5.91 Å². The Kier molecular flexibility index (Phi) is 5.48. The van der Waals surface area contributed by atoms with Gasteiger partial charge in [-0.05, 0) is 19.1 Å². The number of nitrogens with zero attached hydrogens (tertiary/aromatic N) is 1. The van der Waals surface area contributed by atoms with Gasteiger partial charge >= 0.3 is 0 Å². The van der Waals surface area contributed by atoms with Crippen LogP contribution in [0.2, 0.25) is 0 Å². The van der Waals surface area contributed by atoms with Crippen molar-refractivity contribution in [2.75, 3.05) is 18.2 Å². The summed E-state index contributed by atoms with van der Waals surface area (Å²) in [5.74, 6) is 0.295. The predicted octanol–water partition coefficient (Wildman–Crippen LogP) is 2.96. The summed E-state index contributed by atoms with van der Waals surface area (Å²) in [6, 6.07) is 5.47. The van der Waals surface area contributed by atoms with E-state index in [1.54, 1.807) is 19.4 Å². The van der Waals surface area contributed by atoms with E-state index in [1.165, 1.54) is 23.1 Å². The number of methoxy groups -OCH3 is 1. The van der Waals surface area contributed by atoms with Crippen molar-refractivity contribution < 1.29 is 18.7 Å². The number of thioether (sulfide) groups is 1. The third-order valence-corrected chi connectivity index (χ3v) is 6.02. The van der Waals surface area contributed by atoms with E-state index in [0.29, 0.717) is 16.5 Å². The van der Waals surface area contributed by atoms with Gasteiger partial charge in [-0.2, -0.15) is 0 Å². The highest BCUT2D eigenvalue weighted by Gasteiger charge is 2.15. The van der Waals surface area contributed by atoms with Crippen LogP contribution in [0.3, 0.4) is 0 Å². The maximum absolute atomic E-state index is 12.3. The van der Waals surface area contributed by atoms with E-state index in [4.69, 9.17) is 14.9 Å². The molecule has 3 rings (SSSR count). The molecule has 2 amide bonds. The molecule has 0 aliphatic heterocycles. The normalized spacial score (nSPS) is 10.8. The molecule has 0 bridgehead atoms. The van der Waals surface area contributed by atoms with Crippen molar-refractivity contribution in [2.24, 2.45) is 5.73 Å². The van der Waals surface area contributed by atoms with Crippen molar-refractivity contribution >= 4 is 51.0 Å². The third-order valence-electron chi connectivity index (χ3n) is 3.56. The number of nitrogens with two attached hydrogens (primary N) is 1. The first kappa shape index (κ1) is 18.3. The summed E-state index contributed by atoms with van der Waals surface area (Å²) in [6.45, 7) is 1.83. The molecule has 136 valence electrons. The van der Waals surface area contributed by atoms with Crippen LogP contribution >= 0.6 is 23.1 Å². The van der Waals surface area contributed by atoms with Gasteiger partial charge in [-0.3, -0.25) is 9.59 Å². The number of ether oxygens (including phenoxy) is 1. The van der Waals surface area contributed by atoms with Gasteiger partial charge in [0.1, 0.15) is 11.3 Å². The Morgan fingerprint density at radius 3 is 2.96 bits per heavy atom. The molecule has 26 heavy (non-hydrogen) atoms. The second-order valence-electron chi connectivity index (χ2n) is 5.49. The maximum atomic E-state index is 12.3. The summed E-state index contributed by atoms with van der Waals surface area (Å²) in [7, 11) is 1.59. The Morgan fingerprint density at radius 1 is 1.42 bits per heavy atom. The van der Waals surface area contributed by atoms with Gasteiger partial charge in [0, 0.05) is 17.0 Å². The van der Waals surface area contributed by atoms with Crippen LogP contribution in [-0.4, -0.2) is 29.7 Å². The molecule has 3 aromatic rings. The predicted molar refractivity (Wildman–Crippen MR) is 102 cm³/mol. The Morgan fingerprint density at radius 2 is 2.23 bits per heavy atom. The smallest absolute Gasteiger partial charge is 0.230 e. The fraction of sp³-hybridized carbons (Fsp3) is 0.235. The van der Waals surface area contributed by atoms with Crippen molar-refractivity contribution in [1.29, 1.82) is 0 Å². The van der Waals surface area contributed by atoms with Gasteiger partial charge < -0.3 is 20.2 Å². The molecule has 7 nitrogen and oxygen atoms in total. The molecule has 0 unspecified atom stereocenters. The van der Waals surface area contributed by atoms with Crippen molar-refractivity contribution in [2.45, 2.75) is 17.6 Å². The first-order valence-electron chi connectivity index (χ1n) is 7.68. The summed E-state index contributed by atoms with van der Waals surface area (Å²) in [4.78, 5) is 27.6. The zero-order valence-electron chi connectivity index (χ0n) is 14.2. The molecular weight excluding hydrogens is 374 g/mol. The number of rotatable bonds is 7. The van der Waals surface area contributed by atoms with Crippen LogP contribution in [0, 0.1) is 6.92 Å². The van der Waals surface area contributed by atoms with E-state index in [0.717, 1.165) is 20.9 Å². The minimum atomic E-state index is -0.392. The highest BCUT2D eigenvalue weighted by molar-refractivity contribution is 8.01. The zero-order valence-corrected chi connectivity index (χ0v) is 15.8. The Hall–Kier alpha value is -2.52. The molecule has 0 spiro atoms.